The summed E-state index contributed by atoms with van der Waals surface area (Å²) in [6.45, 7) is 2.31. The van der Waals surface area contributed by atoms with Crippen LogP contribution >= 0.6 is 0 Å². The fourth-order valence-corrected chi connectivity index (χ4v) is 7.38. The van der Waals surface area contributed by atoms with E-state index in [1.807, 2.05) is 60.3 Å². The van der Waals surface area contributed by atoms with Crippen LogP contribution in [0.4, 0.5) is 0 Å². The lowest BCUT2D eigenvalue weighted by atomic mass is 9.74. The lowest BCUT2D eigenvalue weighted by Gasteiger charge is -2.49. The van der Waals surface area contributed by atoms with Crippen molar-refractivity contribution in [1.82, 2.24) is 19.4 Å². The van der Waals surface area contributed by atoms with Crippen LogP contribution in [0.15, 0.2) is 71.6 Å². The molecule has 9 heteroatoms. The number of aryl methyl sites for hydroxylation is 1. The zero-order valence-electron chi connectivity index (χ0n) is 22.5. The standard InChI is InChI=1S/C30H34N4O4S/c1-33-28(17-27(32-33)23-9-11-29(37-2)30(16-23)38-3)26-19-34-13-12-22(26)14-24(34)18-31-39(35,36)25-10-8-20-6-4-5-7-21(20)15-25/h4-11,15-17,22,24,26,31H,12-14,18-19H2,1-3H3. The summed E-state index contributed by atoms with van der Waals surface area (Å²) in [5, 5.41) is 6.78. The summed E-state index contributed by atoms with van der Waals surface area (Å²) in [7, 11) is 1.68. The Labute approximate surface area is 229 Å². The minimum Gasteiger partial charge on any atom is -0.493 e. The molecular weight excluding hydrogens is 512 g/mol. The van der Waals surface area contributed by atoms with Gasteiger partial charge in [-0.3, -0.25) is 9.58 Å². The molecular formula is C30H34N4O4S. The summed E-state index contributed by atoms with van der Waals surface area (Å²) in [5.74, 6) is 2.22. The largest absolute Gasteiger partial charge is 0.493 e. The molecule has 3 fully saturated rings. The van der Waals surface area contributed by atoms with Crippen molar-refractivity contribution in [1.29, 1.82) is 0 Å². The van der Waals surface area contributed by atoms with E-state index in [9.17, 15) is 8.42 Å². The van der Waals surface area contributed by atoms with Crippen LogP contribution < -0.4 is 14.2 Å². The molecule has 7 rings (SSSR count). The van der Waals surface area contributed by atoms with Gasteiger partial charge in [0.15, 0.2) is 11.5 Å². The maximum Gasteiger partial charge on any atom is 0.240 e. The van der Waals surface area contributed by atoms with E-state index < -0.39 is 10.0 Å². The summed E-state index contributed by atoms with van der Waals surface area (Å²) in [5.41, 5.74) is 3.10. The summed E-state index contributed by atoms with van der Waals surface area (Å²) >= 11 is 0. The highest BCUT2D eigenvalue weighted by atomic mass is 32.2. The molecule has 0 spiro atoms. The molecule has 1 aromatic heterocycles. The van der Waals surface area contributed by atoms with Gasteiger partial charge in [-0.25, -0.2) is 13.1 Å². The number of methoxy groups -OCH3 is 2. The lowest BCUT2D eigenvalue weighted by Crippen LogP contribution is -2.56. The third kappa shape index (κ3) is 4.90. The van der Waals surface area contributed by atoms with Gasteiger partial charge < -0.3 is 9.47 Å². The monoisotopic (exact) mass is 546 g/mol. The van der Waals surface area contributed by atoms with Crippen molar-refractivity contribution < 1.29 is 17.9 Å². The second-order valence-electron chi connectivity index (χ2n) is 10.5. The molecule has 8 nitrogen and oxygen atoms in total. The van der Waals surface area contributed by atoms with E-state index >= 15 is 0 Å². The summed E-state index contributed by atoms with van der Waals surface area (Å²) < 4.78 is 42.0. The van der Waals surface area contributed by atoms with E-state index in [0.29, 0.717) is 34.8 Å². The van der Waals surface area contributed by atoms with Gasteiger partial charge in [-0.15, -0.1) is 0 Å². The Kier molecular flexibility index (Phi) is 6.82. The highest BCUT2D eigenvalue weighted by Crippen LogP contribution is 2.43. The van der Waals surface area contributed by atoms with Crippen LogP contribution in [-0.4, -0.2) is 63.0 Å². The zero-order chi connectivity index (χ0) is 27.1. The molecule has 4 atom stereocenters. The predicted octanol–water partition coefficient (Wildman–Crippen LogP) is 4.41. The first kappa shape index (κ1) is 25.9. The van der Waals surface area contributed by atoms with E-state index in [1.54, 1.807) is 26.4 Å². The van der Waals surface area contributed by atoms with Gasteiger partial charge in [0, 0.05) is 43.4 Å². The predicted molar refractivity (Wildman–Crippen MR) is 152 cm³/mol. The minimum absolute atomic E-state index is 0.189. The van der Waals surface area contributed by atoms with Crippen molar-refractivity contribution in [3.8, 4) is 22.8 Å². The Bertz CT molecular complexity index is 1620. The zero-order valence-corrected chi connectivity index (χ0v) is 23.3. The number of benzene rings is 3. The Morgan fingerprint density at radius 3 is 2.51 bits per heavy atom. The van der Waals surface area contributed by atoms with Crippen LogP contribution in [0.5, 0.6) is 11.5 Å². The van der Waals surface area contributed by atoms with Crippen LogP contribution in [0.3, 0.4) is 0 Å². The first-order chi connectivity index (χ1) is 18.9. The molecule has 3 saturated heterocycles. The quantitative estimate of drug-likeness (QED) is 0.352. The van der Waals surface area contributed by atoms with Crippen molar-refractivity contribution in [2.45, 2.75) is 29.7 Å². The number of hydrogen-bond donors (Lipinski definition) is 1. The minimum atomic E-state index is -3.59. The molecule has 3 aliphatic rings. The van der Waals surface area contributed by atoms with Crippen molar-refractivity contribution in [3.05, 3.63) is 72.4 Å². The van der Waals surface area contributed by atoms with Crippen LogP contribution in [0.2, 0.25) is 0 Å². The molecule has 1 N–H and O–H groups in total. The number of fused-ring (bicyclic) bond motifs is 4. The van der Waals surface area contributed by atoms with E-state index in [4.69, 9.17) is 14.6 Å². The number of sulfonamides is 1. The number of aromatic nitrogens is 2. The smallest absolute Gasteiger partial charge is 0.240 e. The molecule has 4 aromatic rings. The maximum atomic E-state index is 13.1. The highest BCUT2D eigenvalue weighted by Gasteiger charge is 2.42. The summed E-state index contributed by atoms with van der Waals surface area (Å²) in [4.78, 5) is 2.75. The van der Waals surface area contributed by atoms with E-state index in [2.05, 4.69) is 15.7 Å². The molecule has 0 radical (unpaired) electrons. The second kappa shape index (κ2) is 10.3. The third-order valence-electron chi connectivity index (χ3n) is 8.39. The number of rotatable bonds is 8. The maximum absolute atomic E-state index is 13.1. The lowest BCUT2D eigenvalue weighted by molar-refractivity contribution is 0.0306. The van der Waals surface area contributed by atoms with Crippen molar-refractivity contribution in [2.24, 2.45) is 13.0 Å². The number of nitrogens with zero attached hydrogens (tertiary/aromatic N) is 3. The fourth-order valence-electron chi connectivity index (χ4n) is 6.27. The fraction of sp³-hybridized carbons (Fsp3) is 0.367. The van der Waals surface area contributed by atoms with E-state index in [-0.39, 0.29) is 6.04 Å². The average Bonchev–Trinajstić information content (AvgIpc) is 3.37. The van der Waals surface area contributed by atoms with E-state index in [0.717, 1.165) is 48.0 Å². The highest BCUT2D eigenvalue weighted by molar-refractivity contribution is 7.89. The molecule has 2 bridgehead atoms. The Morgan fingerprint density at radius 1 is 0.974 bits per heavy atom. The van der Waals surface area contributed by atoms with Gasteiger partial charge in [0.25, 0.3) is 0 Å². The van der Waals surface area contributed by atoms with Crippen LogP contribution in [-0.2, 0) is 17.1 Å². The topological polar surface area (TPSA) is 85.7 Å². The number of piperidine rings is 3. The Hall–Kier alpha value is -3.40. The molecule has 3 aliphatic heterocycles. The molecule has 204 valence electrons. The number of nitrogens with one attached hydrogen (secondary N) is 1. The van der Waals surface area contributed by atoms with Crippen LogP contribution in [0, 0.1) is 5.92 Å². The second-order valence-corrected chi connectivity index (χ2v) is 12.3. The van der Waals surface area contributed by atoms with Crippen LogP contribution in [0.1, 0.15) is 24.5 Å². The van der Waals surface area contributed by atoms with Gasteiger partial charge in [0.05, 0.1) is 24.8 Å². The number of ether oxygens (including phenoxy) is 2. The van der Waals surface area contributed by atoms with Gasteiger partial charge in [0.2, 0.25) is 10.0 Å². The summed E-state index contributed by atoms with van der Waals surface area (Å²) in [6.07, 6.45) is 2.07. The van der Waals surface area contributed by atoms with Gasteiger partial charge in [0.1, 0.15) is 0 Å². The van der Waals surface area contributed by atoms with Crippen LogP contribution in [0.25, 0.3) is 22.0 Å². The third-order valence-corrected chi connectivity index (χ3v) is 9.82. The Morgan fingerprint density at radius 2 is 1.77 bits per heavy atom. The number of hydrogen-bond acceptors (Lipinski definition) is 6. The molecule has 0 saturated carbocycles. The van der Waals surface area contributed by atoms with Gasteiger partial charge >= 0.3 is 0 Å². The molecule has 0 aliphatic carbocycles. The molecule has 4 heterocycles. The molecule has 3 aromatic carbocycles. The molecule has 39 heavy (non-hydrogen) atoms. The van der Waals surface area contributed by atoms with Crippen molar-refractivity contribution in [3.63, 3.8) is 0 Å². The normalized spacial score (nSPS) is 22.7. The van der Waals surface area contributed by atoms with Gasteiger partial charge in [-0.05, 0) is 72.5 Å². The first-order valence-corrected chi connectivity index (χ1v) is 14.8. The Balaban J connectivity index is 1.15. The van der Waals surface area contributed by atoms with Gasteiger partial charge in [-0.2, -0.15) is 5.10 Å². The SMILES string of the molecule is COc1ccc(-c2cc(C3CN4CCC3CC4CNS(=O)(=O)c3ccc4ccccc4c3)n(C)n2)cc1OC. The van der Waals surface area contributed by atoms with E-state index in [1.165, 1.54) is 5.69 Å². The van der Waals surface area contributed by atoms with Crippen molar-refractivity contribution in [2.75, 3.05) is 33.9 Å². The molecule has 0 amide bonds. The summed E-state index contributed by atoms with van der Waals surface area (Å²) in [6, 6.07) is 21.3. The average molecular weight is 547 g/mol. The first-order valence-electron chi connectivity index (χ1n) is 13.3. The van der Waals surface area contributed by atoms with Crippen molar-refractivity contribution >= 4 is 20.8 Å². The van der Waals surface area contributed by atoms with Gasteiger partial charge in [-0.1, -0.05) is 30.3 Å². The molecule has 4 unspecified atom stereocenters.